The van der Waals surface area contributed by atoms with Gasteiger partial charge in [-0.1, -0.05) is 25.1 Å². The van der Waals surface area contributed by atoms with Gasteiger partial charge in [-0.2, -0.15) is 0 Å². The maximum absolute atomic E-state index is 12.4. The minimum Gasteiger partial charge on any atom is -0.355 e. The Bertz CT molecular complexity index is 613. The smallest absolute Gasteiger partial charge is 0.227 e. The Labute approximate surface area is 149 Å². The first kappa shape index (κ1) is 17.9. The van der Waals surface area contributed by atoms with Crippen LogP contribution in [0.5, 0.6) is 0 Å². The van der Waals surface area contributed by atoms with Crippen LogP contribution in [0.4, 0.5) is 5.69 Å². The first-order chi connectivity index (χ1) is 12.2. The predicted molar refractivity (Wildman–Crippen MR) is 98.6 cm³/mol. The monoisotopic (exact) mass is 344 g/mol. The molecule has 1 unspecified atom stereocenters. The molecule has 2 fully saturated rings. The van der Waals surface area contributed by atoms with Crippen molar-refractivity contribution in [1.29, 1.82) is 0 Å². The summed E-state index contributed by atoms with van der Waals surface area (Å²) >= 11 is 0. The van der Waals surface area contributed by atoms with Crippen molar-refractivity contribution in [1.82, 2.24) is 15.5 Å². The van der Waals surface area contributed by atoms with Gasteiger partial charge >= 0.3 is 0 Å². The molecule has 1 aromatic carbocycles. The molecule has 2 N–H and O–H groups in total. The fraction of sp³-hybridized carbons (Fsp3) is 0.579. The third-order valence-corrected chi connectivity index (χ3v) is 5.10. The van der Waals surface area contributed by atoms with Gasteiger partial charge in [0.25, 0.3) is 0 Å². The molecule has 0 saturated carbocycles. The molecule has 6 nitrogen and oxygen atoms in total. The second kappa shape index (κ2) is 8.45. The van der Waals surface area contributed by atoms with Crippen molar-refractivity contribution >= 4 is 17.5 Å². The fourth-order valence-corrected chi connectivity index (χ4v) is 3.61. The second-order valence-corrected chi connectivity index (χ2v) is 6.77. The standard InChI is InChI=1S/C19H28N4O2/c1-2-15-5-3-4-6-17(15)23-14-16(13-18(23)24)19(25)21-9-12-22-10-7-20-8-11-22/h3-6,16,20H,2,7-14H2,1H3,(H,21,25). The van der Waals surface area contributed by atoms with Gasteiger partial charge in [-0.25, -0.2) is 0 Å². The highest BCUT2D eigenvalue weighted by Crippen LogP contribution is 2.28. The van der Waals surface area contributed by atoms with E-state index in [9.17, 15) is 9.59 Å². The van der Waals surface area contributed by atoms with E-state index in [0.29, 0.717) is 19.5 Å². The molecular formula is C19H28N4O2. The topological polar surface area (TPSA) is 64.7 Å². The Hall–Kier alpha value is -1.92. The molecule has 0 radical (unpaired) electrons. The molecule has 2 aliphatic rings. The van der Waals surface area contributed by atoms with E-state index in [4.69, 9.17) is 0 Å². The summed E-state index contributed by atoms with van der Waals surface area (Å²) in [5.74, 6) is -0.205. The lowest BCUT2D eigenvalue weighted by molar-refractivity contribution is -0.126. The molecule has 2 aliphatic heterocycles. The Morgan fingerprint density at radius 2 is 2.04 bits per heavy atom. The number of anilines is 1. The van der Waals surface area contributed by atoms with Gasteiger partial charge in [-0.15, -0.1) is 0 Å². The molecule has 2 saturated heterocycles. The molecule has 2 amide bonds. The summed E-state index contributed by atoms with van der Waals surface area (Å²) in [5, 5.41) is 6.33. The van der Waals surface area contributed by atoms with Crippen LogP contribution in [-0.2, 0) is 16.0 Å². The zero-order chi connectivity index (χ0) is 17.6. The van der Waals surface area contributed by atoms with Crippen LogP contribution < -0.4 is 15.5 Å². The number of rotatable bonds is 6. The van der Waals surface area contributed by atoms with E-state index in [2.05, 4.69) is 22.5 Å². The Morgan fingerprint density at radius 3 is 2.80 bits per heavy atom. The predicted octanol–water partition coefficient (Wildman–Crippen LogP) is 0.623. The number of para-hydroxylation sites is 1. The summed E-state index contributed by atoms with van der Waals surface area (Å²) in [5.41, 5.74) is 2.10. The third kappa shape index (κ3) is 4.38. The van der Waals surface area contributed by atoms with E-state index in [1.807, 2.05) is 24.3 Å². The van der Waals surface area contributed by atoms with Crippen molar-refractivity contribution in [3.8, 4) is 0 Å². The summed E-state index contributed by atoms with van der Waals surface area (Å²) in [6, 6.07) is 7.96. The Morgan fingerprint density at radius 1 is 1.28 bits per heavy atom. The van der Waals surface area contributed by atoms with Crippen LogP contribution in [0.25, 0.3) is 0 Å². The molecule has 2 heterocycles. The molecule has 25 heavy (non-hydrogen) atoms. The van der Waals surface area contributed by atoms with Crippen molar-refractivity contribution in [2.24, 2.45) is 5.92 Å². The minimum absolute atomic E-state index is 0.0000333. The summed E-state index contributed by atoms with van der Waals surface area (Å²) in [6.45, 7) is 8.16. The van der Waals surface area contributed by atoms with Crippen LogP contribution in [-0.4, -0.2) is 62.5 Å². The molecule has 0 aromatic heterocycles. The van der Waals surface area contributed by atoms with Gasteiger partial charge in [0, 0.05) is 57.9 Å². The van der Waals surface area contributed by atoms with Crippen LogP contribution in [0, 0.1) is 5.92 Å². The lowest BCUT2D eigenvalue weighted by atomic mass is 10.1. The van der Waals surface area contributed by atoms with E-state index < -0.39 is 0 Å². The molecule has 6 heteroatoms. The maximum Gasteiger partial charge on any atom is 0.227 e. The van der Waals surface area contributed by atoms with Crippen LogP contribution in [0.2, 0.25) is 0 Å². The number of hydrogen-bond acceptors (Lipinski definition) is 4. The average molecular weight is 344 g/mol. The highest BCUT2D eigenvalue weighted by molar-refractivity contribution is 6.00. The van der Waals surface area contributed by atoms with Gasteiger partial charge in [0.15, 0.2) is 0 Å². The van der Waals surface area contributed by atoms with E-state index in [0.717, 1.165) is 50.4 Å². The maximum atomic E-state index is 12.4. The van der Waals surface area contributed by atoms with Crippen LogP contribution >= 0.6 is 0 Å². The highest BCUT2D eigenvalue weighted by Gasteiger charge is 2.35. The zero-order valence-corrected chi connectivity index (χ0v) is 15.0. The lowest BCUT2D eigenvalue weighted by Crippen LogP contribution is -2.46. The van der Waals surface area contributed by atoms with E-state index in [-0.39, 0.29) is 17.7 Å². The molecule has 3 rings (SSSR count). The van der Waals surface area contributed by atoms with Crippen LogP contribution in [0.3, 0.4) is 0 Å². The molecule has 136 valence electrons. The van der Waals surface area contributed by atoms with Gasteiger partial charge in [-0.05, 0) is 18.1 Å². The SMILES string of the molecule is CCc1ccccc1N1CC(C(=O)NCCN2CCNCC2)CC1=O. The Balaban J connectivity index is 1.52. The summed E-state index contributed by atoms with van der Waals surface area (Å²) < 4.78 is 0. The summed E-state index contributed by atoms with van der Waals surface area (Å²) in [7, 11) is 0. The number of carbonyl (C=O) groups excluding carboxylic acids is 2. The van der Waals surface area contributed by atoms with Crippen molar-refractivity contribution in [2.45, 2.75) is 19.8 Å². The lowest BCUT2D eigenvalue weighted by Gasteiger charge is -2.27. The minimum atomic E-state index is -0.250. The summed E-state index contributed by atoms with van der Waals surface area (Å²) in [6.07, 6.45) is 1.18. The normalized spacial score (nSPS) is 21.6. The first-order valence-corrected chi connectivity index (χ1v) is 9.28. The van der Waals surface area contributed by atoms with E-state index in [1.54, 1.807) is 4.90 Å². The molecule has 1 aromatic rings. The van der Waals surface area contributed by atoms with Crippen LogP contribution in [0.15, 0.2) is 24.3 Å². The zero-order valence-electron chi connectivity index (χ0n) is 15.0. The molecule has 0 spiro atoms. The van der Waals surface area contributed by atoms with Gasteiger partial charge in [-0.3, -0.25) is 14.5 Å². The van der Waals surface area contributed by atoms with E-state index in [1.165, 1.54) is 0 Å². The number of benzene rings is 1. The number of nitrogens with zero attached hydrogens (tertiary/aromatic N) is 2. The quantitative estimate of drug-likeness (QED) is 0.794. The second-order valence-electron chi connectivity index (χ2n) is 6.77. The Kier molecular flexibility index (Phi) is 6.04. The van der Waals surface area contributed by atoms with Crippen molar-refractivity contribution in [3.63, 3.8) is 0 Å². The number of piperazine rings is 1. The van der Waals surface area contributed by atoms with Crippen LogP contribution in [0.1, 0.15) is 18.9 Å². The number of aryl methyl sites for hydroxylation is 1. The number of carbonyl (C=O) groups is 2. The largest absolute Gasteiger partial charge is 0.355 e. The highest BCUT2D eigenvalue weighted by atomic mass is 16.2. The average Bonchev–Trinajstić information content (AvgIpc) is 3.04. The molecule has 0 bridgehead atoms. The third-order valence-electron chi connectivity index (χ3n) is 5.10. The van der Waals surface area contributed by atoms with Crippen molar-refractivity contribution < 1.29 is 9.59 Å². The molecule has 1 atom stereocenters. The number of amides is 2. The molecular weight excluding hydrogens is 316 g/mol. The fourth-order valence-electron chi connectivity index (χ4n) is 3.61. The van der Waals surface area contributed by atoms with Gasteiger partial charge in [0.1, 0.15) is 0 Å². The number of nitrogens with one attached hydrogen (secondary N) is 2. The molecule has 0 aliphatic carbocycles. The van der Waals surface area contributed by atoms with Crippen molar-refractivity contribution in [3.05, 3.63) is 29.8 Å². The van der Waals surface area contributed by atoms with Crippen molar-refractivity contribution in [2.75, 3.05) is 50.7 Å². The van der Waals surface area contributed by atoms with Gasteiger partial charge in [0.05, 0.1) is 5.92 Å². The van der Waals surface area contributed by atoms with Gasteiger partial charge < -0.3 is 15.5 Å². The first-order valence-electron chi connectivity index (χ1n) is 9.28. The summed E-state index contributed by atoms with van der Waals surface area (Å²) in [4.78, 5) is 29.0. The number of hydrogen-bond donors (Lipinski definition) is 2. The van der Waals surface area contributed by atoms with Gasteiger partial charge in [0.2, 0.25) is 11.8 Å². The van der Waals surface area contributed by atoms with E-state index >= 15 is 0 Å².